The van der Waals surface area contributed by atoms with Crippen LogP contribution >= 0.6 is 39.2 Å². The molecule has 0 amide bonds. The van der Waals surface area contributed by atoms with E-state index in [1.165, 1.54) is 11.5 Å². The van der Waals surface area contributed by atoms with Crippen LogP contribution in [0.5, 0.6) is 0 Å². The number of aromatic nitrogens is 2. The molecular weight excluding hydrogens is 330 g/mol. The fourth-order valence-electron chi connectivity index (χ4n) is 1.49. The monoisotopic (exact) mass is 343 g/mol. The van der Waals surface area contributed by atoms with Gasteiger partial charge in [0.15, 0.2) is 4.34 Å². The van der Waals surface area contributed by atoms with Gasteiger partial charge in [0.1, 0.15) is 5.82 Å². The summed E-state index contributed by atoms with van der Waals surface area (Å²) in [6.45, 7) is 4.05. The van der Waals surface area contributed by atoms with E-state index < -0.39 is 0 Å². The van der Waals surface area contributed by atoms with Crippen LogP contribution in [-0.4, -0.2) is 9.36 Å². The summed E-state index contributed by atoms with van der Waals surface area (Å²) in [7, 11) is 0. The molecule has 3 nitrogen and oxygen atoms in total. The van der Waals surface area contributed by atoms with Crippen molar-refractivity contribution in [3.8, 4) is 0 Å². The molecule has 2 rings (SSSR count). The molecule has 0 bridgehead atoms. The van der Waals surface area contributed by atoms with E-state index in [1.807, 2.05) is 13.0 Å². The molecule has 0 radical (unpaired) electrons. The summed E-state index contributed by atoms with van der Waals surface area (Å²) in [5.74, 6) is 0.905. The Balaban J connectivity index is 2.28. The van der Waals surface area contributed by atoms with E-state index in [4.69, 9.17) is 5.73 Å². The lowest BCUT2D eigenvalue weighted by atomic mass is 10.1. The highest BCUT2D eigenvalue weighted by Crippen LogP contribution is 2.35. The Kier molecular flexibility index (Phi) is 4.77. The molecule has 1 aromatic heterocycles. The van der Waals surface area contributed by atoms with E-state index in [9.17, 15) is 0 Å². The summed E-state index contributed by atoms with van der Waals surface area (Å²) in [6, 6.07) is 6.16. The molecular formula is C12H14BrN3S2. The van der Waals surface area contributed by atoms with Crippen LogP contribution in [-0.2, 0) is 6.42 Å². The van der Waals surface area contributed by atoms with Crippen LogP contribution in [0.3, 0.4) is 0 Å². The Labute approximate surface area is 123 Å². The number of hydrogen-bond donors (Lipinski definition) is 1. The lowest BCUT2D eigenvalue weighted by Gasteiger charge is -2.11. The van der Waals surface area contributed by atoms with Gasteiger partial charge in [-0.3, -0.25) is 0 Å². The first-order valence-corrected chi connectivity index (χ1v) is 8.04. The van der Waals surface area contributed by atoms with Gasteiger partial charge in [0.25, 0.3) is 0 Å². The van der Waals surface area contributed by atoms with Gasteiger partial charge in [-0.05, 0) is 42.2 Å². The van der Waals surface area contributed by atoms with Gasteiger partial charge in [-0.15, -0.1) is 0 Å². The van der Waals surface area contributed by atoms with Crippen LogP contribution in [0, 0.1) is 0 Å². The van der Waals surface area contributed by atoms with E-state index >= 15 is 0 Å². The van der Waals surface area contributed by atoms with Gasteiger partial charge in [-0.1, -0.05) is 34.6 Å². The summed E-state index contributed by atoms with van der Waals surface area (Å²) in [6.07, 6.45) is 0.873. The third-order valence-electron chi connectivity index (χ3n) is 2.43. The van der Waals surface area contributed by atoms with Crippen molar-refractivity contribution in [3.05, 3.63) is 34.1 Å². The van der Waals surface area contributed by atoms with Crippen LogP contribution in [0.2, 0.25) is 0 Å². The fraction of sp³-hybridized carbons (Fsp3) is 0.333. The van der Waals surface area contributed by atoms with Gasteiger partial charge in [0, 0.05) is 21.8 Å². The second kappa shape index (κ2) is 6.14. The highest BCUT2D eigenvalue weighted by molar-refractivity contribution is 9.10. The first-order chi connectivity index (χ1) is 8.60. The van der Waals surface area contributed by atoms with Crippen molar-refractivity contribution in [3.63, 3.8) is 0 Å². The zero-order chi connectivity index (χ0) is 13.1. The molecule has 0 fully saturated rings. The first kappa shape index (κ1) is 14.0. The van der Waals surface area contributed by atoms with E-state index in [0.717, 1.165) is 31.5 Å². The predicted octanol–water partition coefficient (Wildman–Crippen LogP) is 4.03. The Morgan fingerprint density at radius 2 is 2.28 bits per heavy atom. The molecule has 6 heteroatoms. The fourth-order valence-corrected chi connectivity index (χ4v) is 3.73. The largest absolute Gasteiger partial charge is 0.324 e. The normalized spacial score (nSPS) is 12.7. The molecule has 2 N–H and O–H groups in total. The van der Waals surface area contributed by atoms with Crippen LogP contribution in [0.15, 0.2) is 31.9 Å². The van der Waals surface area contributed by atoms with E-state index in [0.29, 0.717) is 0 Å². The predicted molar refractivity (Wildman–Crippen MR) is 80.2 cm³/mol. The highest BCUT2D eigenvalue weighted by atomic mass is 79.9. The zero-order valence-corrected chi connectivity index (χ0v) is 13.4. The average molecular weight is 344 g/mol. The van der Waals surface area contributed by atoms with Crippen molar-refractivity contribution in [1.29, 1.82) is 0 Å². The SMILES string of the molecule is CCc1nsc(Sc2ccc(Br)cc2C(C)N)n1. The third-order valence-corrected chi connectivity index (χ3v) is 4.80. The van der Waals surface area contributed by atoms with Crippen molar-refractivity contribution in [2.24, 2.45) is 5.73 Å². The molecule has 0 saturated carbocycles. The number of halogens is 1. The molecule has 0 aliphatic carbocycles. The molecule has 0 aliphatic heterocycles. The van der Waals surface area contributed by atoms with Crippen molar-refractivity contribution in [2.45, 2.75) is 35.5 Å². The lowest BCUT2D eigenvalue weighted by Crippen LogP contribution is -2.06. The topological polar surface area (TPSA) is 51.8 Å². The highest BCUT2D eigenvalue weighted by Gasteiger charge is 2.11. The average Bonchev–Trinajstić information content (AvgIpc) is 2.79. The van der Waals surface area contributed by atoms with Gasteiger partial charge in [-0.2, -0.15) is 4.37 Å². The first-order valence-electron chi connectivity index (χ1n) is 5.65. The Hall–Kier alpha value is -0.430. The minimum absolute atomic E-state index is 0.00330. The smallest absolute Gasteiger partial charge is 0.174 e. The molecule has 0 aliphatic rings. The molecule has 1 aromatic carbocycles. The Morgan fingerprint density at radius 3 is 2.89 bits per heavy atom. The minimum Gasteiger partial charge on any atom is -0.324 e. The molecule has 2 aromatic rings. The van der Waals surface area contributed by atoms with Crippen molar-refractivity contribution in [1.82, 2.24) is 9.36 Å². The van der Waals surface area contributed by atoms with Crippen molar-refractivity contribution >= 4 is 39.2 Å². The lowest BCUT2D eigenvalue weighted by molar-refractivity contribution is 0.796. The molecule has 0 spiro atoms. The number of benzene rings is 1. The second-order valence-electron chi connectivity index (χ2n) is 3.90. The van der Waals surface area contributed by atoms with Crippen LogP contribution in [0.1, 0.15) is 31.3 Å². The van der Waals surface area contributed by atoms with Gasteiger partial charge < -0.3 is 5.73 Å². The summed E-state index contributed by atoms with van der Waals surface area (Å²) >= 11 is 6.55. The maximum absolute atomic E-state index is 6.00. The minimum atomic E-state index is 0.00330. The molecule has 1 unspecified atom stereocenters. The molecule has 96 valence electrons. The summed E-state index contributed by atoms with van der Waals surface area (Å²) in [4.78, 5) is 5.61. The number of hydrogen-bond acceptors (Lipinski definition) is 5. The number of nitrogens with zero attached hydrogens (tertiary/aromatic N) is 2. The van der Waals surface area contributed by atoms with Crippen LogP contribution < -0.4 is 5.73 Å². The Morgan fingerprint density at radius 1 is 1.50 bits per heavy atom. The molecule has 1 atom stereocenters. The van der Waals surface area contributed by atoms with Gasteiger partial charge in [0.2, 0.25) is 0 Å². The number of nitrogens with two attached hydrogens (primary N) is 1. The molecule has 18 heavy (non-hydrogen) atoms. The second-order valence-corrected chi connectivity index (χ2v) is 6.86. The van der Waals surface area contributed by atoms with Crippen LogP contribution in [0.25, 0.3) is 0 Å². The van der Waals surface area contributed by atoms with Crippen molar-refractivity contribution < 1.29 is 0 Å². The number of aryl methyl sites for hydroxylation is 1. The third kappa shape index (κ3) is 3.32. The molecule has 1 heterocycles. The number of rotatable bonds is 4. The van der Waals surface area contributed by atoms with Crippen molar-refractivity contribution in [2.75, 3.05) is 0 Å². The Bertz CT molecular complexity index is 540. The summed E-state index contributed by atoms with van der Waals surface area (Å²) in [5, 5.41) is 0. The van der Waals surface area contributed by atoms with E-state index in [2.05, 4.69) is 44.3 Å². The zero-order valence-electron chi connectivity index (χ0n) is 10.2. The maximum Gasteiger partial charge on any atom is 0.174 e. The van der Waals surface area contributed by atoms with Crippen LogP contribution in [0.4, 0.5) is 0 Å². The molecule has 0 saturated heterocycles. The summed E-state index contributed by atoms with van der Waals surface area (Å²) < 4.78 is 6.31. The van der Waals surface area contributed by atoms with E-state index in [-0.39, 0.29) is 6.04 Å². The van der Waals surface area contributed by atoms with Gasteiger partial charge >= 0.3 is 0 Å². The van der Waals surface area contributed by atoms with E-state index in [1.54, 1.807) is 11.8 Å². The standard InChI is InChI=1S/C12H14BrN3S2/c1-3-11-15-12(18-16-11)17-10-5-4-8(13)6-9(10)7(2)14/h4-7H,3,14H2,1-2H3. The van der Waals surface area contributed by atoms with Gasteiger partial charge in [0.05, 0.1) is 0 Å². The maximum atomic E-state index is 6.00. The summed E-state index contributed by atoms with van der Waals surface area (Å²) in [5.41, 5.74) is 7.13. The quantitative estimate of drug-likeness (QED) is 0.910. The van der Waals surface area contributed by atoms with Gasteiger partial charge in [-0.25, -0.2) is 4.98 Å².